The topological polar surface area (TPSA) is 114 Å². The Hall–Kier alpha value is -2.35. The van der Waals surface area contributed by atoms with E-state index in [9.17, 15) is 8.42 Å². The molecule has 8 heteroatoms. The molecule has 7 nitrogen and oxygen atoms in total. The zero-order chi connectivity index (χ0) is 14.9. The number of rotatable bonds is 4. The van der Waals surface area contributed by atoms with Gasteiger partial charge in [-0.25, -0.2) is 4.98 Å². The van der Waals surface area contributed by atoms with Crippen molar-refractivity contribution in [3.8, 4) is 0 Å². The quantitative estimate of drug-likeness (QED) is 0.571. The smallest absolute Gasteiger partial charge is 0.280 e. The molecule has 0 aliphatic carbocycles. The van der Waals surface area contributed by atoms with Gasteiger partial charge in [-0.1, -0.05) is 12.1 Å². The number of nitrogens with one attached hydrogen (secondary N) is 2. The molecule has 0 amide bonds. The molecule has 2 aromatic rings. The van der Waals surface area contributed by atoms with E-state index in [0.717, 1.165) is 0 Å². The maximum Gasteiger partial charge on any atom is 0.280 e. The van der Waals surface area contributed by atoms with Gasteiger partial charge in [0, 0.05) is 18.8 Å². The van der Waals surface area contributed by atoms with Crippen molar-refractivity contribution in [1.29, 1.82) is 5.41 Å². The minimum Gasteiger partial charge on any atom is -0.384 e. The van der Waals surface area contributed by atoms with Crippen molar-refractivity contribution in [1.82, 2.24) is 9.55 Å². The Morgan fingerprint density at radius 1 is 1.40 bits per heavy atom. The molecular weight excluding hydrogens is 278 g/mol. The molecule has 0 aliphatic heterocycles. The zero-order valence-electron chi connectivity index (χ0n) is 11.1. The molecule has 0 fully saturated rings. The number of benzene rings is 1. The SMILES string of the molecule is Cc1nc(S(=O)(=O)Nc2ccccc2C(=N)N)cn1C. The van der Waals surface area contributed by atoms with Crippen molar-refractivity contribution in [2.45, 2.75) is 11.9 Å². The summed E-state index contributed by atoms with van der Waals surface area (Å²) in [7, 11) is -2.09. The van der Waals surface area contributed by atoms with Crippen LogP contribution in [0.25, 0.3) is 0 Å². The Kier molecular flexibility index (Phi) is 3.49. The van der Waals surface area contributed by atoms with Crippen LogP contribution < -0.4 is 10.5 Å². The molecule has 0 spiro atoms. The highest BCUT2D eigenvalue weighted by molar-refractivity contribution is 7.92. The van der Waals surface area contributed by atoms with Crippen LogP contribution in [0.3, 0.4) is 0 Å². The monoisotopic (exact) mass is 293 g/mol. The molecule has 20 heavy (non-hydrogen) atoms. The van der Waals surface area contributed by atoms with Gasteiger partial charge in [-0.2, -0.15) is 8.42 Å². The normalized spacial score (nSPS) is 11.3. The van der Waals surface area contributed by atoms with Gasteiger partial charge in [0.2, 0.25) is 0 Å². The first-order valence-corrected chi connectivity index (χ1v) is 7.26. The minimum absolute atomic E-state index is 0.0733. The highest BCUT2D eigenvalue weighted by Crippen LogP contribution is 2.19. The van der Waals surface area contributed by atoms with Crippen molar-refractivity contribution in [2.75, 3.05) is 4.72 Å². The molecule has 0 atom stereocenters. The van der Waals surface area contributed by atoms with E-state index < -0.39 is 10.0 Å². The molecule has 0 saturated carbocycles. The number of hydrogen-bond acceptors (Lipinski definition) is 4. The summed E-state index contributed by atoms with van der Waals surface area (Å²) in [6.07, 6.45) is 1.42. The number of imidazole rings is 1. The van der Waals surface area contributed by atoms with Gasteiger partial charge < -0.3 is 10.3 Å². The van der Waals surface area contributed by atoms with Crippen LogP contribution >= 0.6 is 0 Å². The molecule has 4 N–H and O–H groups in total. The van der Waals surface area contributed by atoms with Crippen LogP contribution in [0.15, 0.2) is 35.5 Å². The number of aryl methyl sites for hydroxylation is 2. The van der Waals surface area contributed by atoms with Gasteiger partial charge in [-0.3, -0.25) is 10.1 Å². The van der Waals surface area contributed by atoms with E-state index in [0.29, 0.717) is 11.4 Å². The lowest BCUT2D eigenvalue weighted by Gasteiger charge is -2.10. The lowest BCUT2D eigenvalue weighted by molar-refractivity contribution is 0.598. The average molecular weight is 293 g/mol. The Labute approximate surface area is 117 Å². The van der Waals surface area contributed by atoms with Crippen molar-refractivity contribution in [3.63, 3.8) is 0 Å². The molecule has 0 radical (unpaired) electrons. The van der Waals surface area contributed by atoms with E-state index in [4.69, 9.17) is 11.1 Å². The predicted octanol–water partition coefficient (Wildman–Crippen LogP) is 0.813. The third-order valence-electron chi connectivity index (χ3n) is 2.82. The Morgan fingerprint density at radius 2 is 2.05 bits per heavy atom. The number of nitrogens with zero attached hydrogens (tertiary/aromatic N) is 2. The van der Waals surface area contributed by atoms with Crippen LogP contribution in [0.5, 0.6) is 0 Å². The fourth-order valence-corrected chi connectivity index (χ4v) is 2.78. The van der Waals surface area contributed by atoms with E-state index >= 15 is 0 Å². The summed E-state index contributed by atoms with van der Waals surface area (Å²) in [5, 5.41) is 7.38. The fourth-order valence-electron chi connectivity index (χ4n) is 1.66. The van der Waals surface area contributed by atoms with Crippen molar-refractivity contribution >= 4 is 21.5 Å². The molecule has 1 aromatic carbocycles. The molecule has 0 bridgehead atoms. The van der Waals surface area contributed by atoms with E-state index in [-0.39, 0.29) is 16.5 Å². The van der Waals surface area contributed by atoms with E-state index in [2.05, 4.69) is 9.71 Å². The highest BCUT2D eigenvalue weighted by Gasteiger charge is 2.20. The Bertz CT molecular complexity index is 744. The first kappa shape index (κ1) is 14.1. The molecule has 1 heterocycles. The molecule has 0 saturated heterocycles. The van der Waals surface area contributed by atoms with Gasteiger partial charge in [0.1, 0.15) is 11.7 Å². The molecule has 1 aromatic heterocycles. The maximum absolute atomic E-state index is 12.2. The van der Waals surface area contributed by atoms with E-state index in [1.54, 1.807) is 42.8 Å². The first-order chi connectivity index (χ1) is 9.31. The number of nitrogens with two attached hydrogens (primary N) is 1. The van der Waals surface area contributed by atoms with Crippen LogP contribution in [0.4, 0.5) is 5.69 Å². The van der Waals surface area contributed by atoms with Crippen LogP contribution in [-0.4, -0.2) is 23.8 Å². The summed E-state index contributed by atoms with van der Waals surface area (Å²) in [6.45, 7) is 1.71. The molecule has 2 rings (SSSR count). The summed E-state index contributed by atoms with van der Waals surface area (Å²) < 4.78 is 28.5. The van der Waals surface area contributed by atoms with Crippen molar-refractivity contribution in [2.24, 2.45) is 12.8 Å². The third kappa shape index (κ3) is 2.64. The number of aromatic nitrogens is 2. The summed E-state index contributed by atoms with van der Waals surface area (Å²) in [5.74, 6) is 0.380. The van der Waals surface area contributed by atoms with Gasteiger partial charge in [-0.05, 0) is 19.1 Å². The number of para-hydroxylation sites is 1. The van der Waals surface area contributed by atoms with Gasteiger partial charge >= 0.3 is 0 Å². The molecular formula is C12H15N5O2S. The second kappa shape index (κ2) is 4.97. The van der Waals surface area contributed by atoms with Gasteiger partial charge in [0.05, 0.1) is 5.69 Å². The number of sulfonamides is 1. The first-order valence-electron chi connectivity index (χ1n) is 5.77. The zero-order valence-corrected chi connectivity index (χ0v) is 11.9. The van der Waals surface area contributed by atoms with Crippen LogP contribution in [0, 0.1) is 12.3 Å². The predicted molar refractivity (Wildman–Crippen MR) is 76.2 cm³/mol. The van der Waals surface area contributed by atoms with Crippen LogP contribution in [-0.2, 0) is 17.1 Å². The largest absolute Gasteiger partial charge is 0.384 e. The van der Waals surface area contributed by atoms with Gasteiger partial charge in [-0.15, -0.1) is 0 Å². The Morgan fingerprint density at radius 3 is 2.60 bits per heavy atom. The lowest BCUT2D eigenvalue weighted by atomic mass is 10.2. The number of nitrogen functional groups attached to an aromatic ring is 1. The number of hydrogen-bond donors (Lipinski definition) is 3. The average Bonchev–Trinajstić information content (AvgIpc) is 2.70. The maximum atomic E-state index is 12.2. The molecule has 0 unspecified atom stereocenters. The lowest BCUT2D eigenvalue weighted by Crippen LogP contribution is -2.18. The summed E-state index contributed by atoms with van der Waals surface area (Å²) in [4.78, 5) is 3.98. The highest BCUT2D eigenvalue weighted by atomic mass is 32.2. The van der Waals surface area contributed by atoms with Crippen molar-refractivity contribution in [3.05, 3.63) is 41.9 Å². The summed E-state index contributed by atoms with van der Waals surface area (Å²) in [5.41, 5.74) is 6.01. The fraction of sp³-hybridized carbons (Fsp3) is 0.167. The van der Waals surface area contributed by atoms with E-state index in [1.807, 2.05) is 0 Å². The van der Waals surface area contributed by atoms with Crippen LogP contribution in [0.2, 0.25) is 0 Å². The summed E-state index contributed by atoms with van der Waals surface area (Å²) in [6, 6.07) is 6.46. The third-order valence-corrected chi connectivity index (χ3v) is 4.06. The number of amidine groups is 1. The second-order valence-electron chi connectivity index (χ2n) is 4.30. The van der Waals surface area contributed by atoms with E-state index in [1.165, 1.54) is 6.20 Å². The van der Waals surface area contributed by atoms with Crippen LogP contribution in [0.1, 0.15) is 11.4 Å². The summed E-state index contributed by atoms with van der Waals surface area (Å²) >= 11 is 0. The number of anilines is 1. The van der Waals surface area contributed by atoms with Crippen molar-refractivity contribution < 1.29 is 8.42 Å². The van der Waals surface area contributed by atoms with Gasteiger partial charge in [0.15, 0.2) is 5.03 Å². The molecule has 0 aliphatic rings. The second-order valence-corrected chi connectivity index (χ2v) is 5.93. The van der Waals surface area contributed by atoms with Gasteiger partial charge in [0.25, 0.3) is 10.0 Å². The Balaban J connectivity index is 2.41. The molecule has 106 valence electrons. The minimum atomic E-state index is -3.81. The standard InChI is InChI=1S/C12H15N5O2S/c1-8-15-11(7-17(8)2)20(18,19)16-10-6-4-3-5-9(10)12(13)14/h3-7,16H,1-2H3,(H3,13,14).